The predicted molar refractivity (Wildman–Crippen MR) is 155 cm³/mol. The minimum absolute atomic E-state index is 0.106. The van der Waals surface area contributed by atoms with Gasteiger partial charge >= 0.3 is 0 Å². The van der Waals surface area contributed by atoms with E-state index in [-0.39, 0.29) is 24.5 Å². The number of benzene rings is 3. The van der Waals surface area contributed by atoms with Crippen molar-refractivity contribution in [1.29, 1.82) is 0 Å². The molecule has 1 saturated heterocycles. The van der Waals surface area contributed by atoms with Crippen LogP contribution in [0.3, 0.4) is 0 Å². The molecule has 0 aliphatic carbocycles. The lowest BCUT2D eigenvalue weighted by molar-refractivity contribution is -0.117. The summed E-state index contributed by atoms with van der Waals surface area (Å²) in [6, 6.07) is 23.1. The molecule has 0 unspecified atom stereocenters. The van der Waals surface area contributed by atoms with E-state index in [2.05, 4.69) is 5.32 Å². The topological polar surface area (TPSA) is 85.7 Å². The van der Waals surface area contributed by atoms with E-state index in [0.29, 0.717) is 30.4 Å². The van der Waals surface area contributed by atoms with Crippen LogP contribution in [0.15, 0.2) is 79.0 Å². The highest BCUT2D eigenvalue weighted by atomic mass is 16.5. The summed E-state index contributed by atoms with van der Waals surface area (Å²) in [5.74, 6) is 0.363. The van der Waals surface area contributed by atoms with Crippen molar-refractivity contribution in [3.8, 4) is 22.7 Å². The van der Waals surface area contributed by atoms with Gasteiger partial charge in [-0.1, -0.05) is 53.6 Å². The lowest BCUT2D eigenvalue weighted by atomic mass is 10.1. The van der Waals surface area contributed by atoms with Crippen LogP contribution in [0.2, 0.25) is 0 Å². The third-order valence-electron chi connectivity index (χ3n) is 7.00. The van der Waals surface area contributed by atoms with Gasteiger partial charge in [-0.15, -0.1) is 0 Å². The molecule has 8 heteroatoms. The molecule has 1 aliphatic heterocycles. The van der Waals surface area contributed by atoms with Crippen LogP contribution in [0, 0.1) is 13.8 Å². The van der Waals surface area contributed by atoms with Crippen LogP contribution in [-0.2, 0) is 9.53 Å². The second-order valence-corrected chi connectivity index (χ2v) is 10.1. The number of hydrogen-bond acceptors (Lipinski definition) is 5. The molecule has 2 heterocycles. The summed E-state index contributed by atoms with van der Waals surface area (Å²) < 4.78 is 13.0. The average molecular weight is 539 g/mol. The zero-order chi connectivity index (χ0) is 28.1. The Balaban J connectivity index is 1.41. The molecule has 206 valence electrons. The zero-order valence-electron chi connectivity index (χ0n) is 23.1. The normalized spacial score (nSPS) is 14.6. The van der Waals surface area contributed by atoms with E-state index < -0.39 is 0 Å². The molecule has 1 fully saturated rings. The Hall–Kier alpha value is -4.43. The smallest absolute Gasteiger partial charge is 0.254 e. The van der Waals surface area contributed by atoms with Crippen LogP contribution >= 0.6 is 0 Å². The molecular weight excluding hydrogens is 504 g/mol. The van der Waals surface area contributed by atoms with Crippen molar-refractivity contribution in [1.82, 2.24) is 14.5 Å². The van der Waals surface area contributed by atoms with Crippen LogP contribution in [0.1, 0.15) is 34.3 Å². The maximum atomic E-state index is 13.5. The van der Waals surface area contributed by atoms with Crippen LogP contribution < -0.4 is 10.1 Å². The number of aromatic nitrogens is 2. The molecule has 3 aromatic carbocycles. The molecule has 0 bridgehead atoms. The Morgan fingerprint density at radius 2 is 1.77 bits per heavy atom. The lowest BCUT2D eigenvalue weighted by Crippen LogP contribution is -2.42. The number of rotatable bonds is 9. The predicted octanol–water partition coefficient (Wildman–Crippen LogP) is 5.42. The van der Waals surface area contributed by atoms with Crippen molar-refractivity contribution in [2.24, 2.45) is 0 Å². The highest BCUT2D eigenvalue weighted by Crippen LogP contribution is 2.25. The van der Waals surface area contributed by atoms with E-state index in [0.717, 1.165) is 40.9 Å². The van der Waals surface area contributed by atoms with Gasteiger partial charge in [-0.05, 0) is 57.0 Å². The van der Waals surface area contributed by atoms with Gasteiger partial charge in [-0.2, -0.15) is 0 Å². The van der Waals surface area contributed by atoms with E-state index in [4.69, 9.17) is 14.5 Å². The number of methoxy groups -OCH3 is 1. The van der Waals surface area contributed by atoms with Gasteiger partial charge < -0.3 is 14.4 Å². The fraction of sp³-hybridized carbons (Fsp3) is 0.281. The SMILES string of the molecule is COc1cccc(C(=O)N(CC(=O)Nc2nc(-c3ccc(C)cc3)cn2-c2ccc(C)cc2)C[C@@H]2CCCO2)c1. The summed E-state index contributed by atoms with van der Waals surface area (Å²) >= 11 is 0. The van der Waals surface area contributed by atoms with Gasteiger partial charge in [0, 0.05) is 36.2 Å². The summed E-state index contributed by atoms with van der Waals surface area (Å²) in [5, 5.41) is 2.96. The van der Waals surface area contributed by atoms with Crippen molar-refractivity contribution in [3.63, 3.8) is 0 Å². The first-order valence-electron chi connectivity index (χ1n) is 13.5. The average Bonchev–Trinajstić information content (AvgIpc) is 3.63. The van der Waals surface area contributed by atoms with Gasteiger partial charge in [0.05, 0.1) is 18.9 Å². The summed E-state index contributed by atoms with van der Waals surface area (Å²) in [4.78, 5) is 33.3. The molecule has 1 aliphatic rings. The fourth-order valence-corrected chi connectivity index (χ4v) is 4.76. The highest BCUT2D eigenvalue weighted by Gasteiger charge is 2.26. The first kappa shape index (κ1) is 27.1. The molecule has 4 aromatic rings. The van der Waals surface area contributed by atoms with Gasteiger partial charge in [0.25, 0.3) is 5.91 Å². The lowest BCUT2D eigenvalue weighted by Gasteiger charge is -2.25. The summed E-state index contributed by atoms with van der Waals surface area (Å²) in [5.41, 5.74) is 5.29. The van der Waals surface area contributed by atoms with E-state index in [1.165, 1.54) is 0 Å². The summed E-state index contributed by atoms with van der Waals surface area (Å²) in [7, 11) is 1.56. The number of anilines is 1. The van der Waals surface area contributed by atoms with Gasteiger partial charge in [0.1, 0.15) is 12.3 Å². The molecule has 1 N–H and O–H groups in total. The third kappa shape index (κ3) is 6.40. The number of nitrogens with one attached hydrogen (secondary N) is 1. The molecule has 8 nitrogen and oxygen atoms in total. The monoisotopic (exact) mass is 538 g/mol. The van der Waals surface area contributed by atoms with E-state index >= 15 is 0 Å². The Labute approximate surface area is 234 Å². The second-order valence-electron chi connectivity index (χ2n) is 10.1. The van der Waals surface area contributed by atoms with Gasteiger partial charge in [0.2, 0.25) is 11.9 Å². The molecule has 2 amide bonds. The summed E-state index contributed by atoms with van der Waals surface area (Å²) in [6.45, 7) is 4.91. The number of nitrogens with zero attached hydrogens (tertiary/aromatic N) is 3. The molecule has 1 aromatic heterocycles. The first-order chi connectivity index (χ1) is 19.4. The molecule has 0 saturated carbocycles. The second kappa shape index (κ2) is 12.2. The van der Waals surface area contributed by atoms with Gasteiger partial charge in [-0.3, -0.25) is 19.5 Å². The summed E-state index contributed by atoms with van der Waals surface area (Å²) in [6.07, 6.45) is 3.59. The number of hydrogen-bond donors (Lipinski definition) is 1. The van der Waals surface area contributed by atoms with Crippen molar-refractivity contribution < 1.29 is 19.1 Å². The van der Waals surface area contributed by atoms with Gasteiger partial charge in [0.15, 0.2) is 0 Å². The van der Waals surface area contributed by atoms with E-state index in [1.807, 2.05) is 73.1 Å². The van der Waals surface area contributed by atoms with E-state index in [9.17, 15) is 9.59 Å². The van der Waals surface area contributed by atoms with Crippen molar-refractivity contribution in [2.45, 2.75) is 32.8 Å². The quantitative estimate of drug-likeness (QED) is 0.307. The Morgan fingerprint density at radius 1 is 1.05 bits per heavy atom. The molecular formula is C32H34N4O4. The fourth-order valence-electron chi connectivity index (χ4n) is 4.76. The molecule has 0 spiro atoms. The number of carbonyl (C=O) groups excluding carboxylic acids is 2. The number of carbonyl (C=O) groups is 2. The number of amides is 2. The number of imidazole rings is 1. The maximum absolute atomic E-state index is 13.5. The maximum Gasteiger partial charge on any atom is 0.254 e. The Kier molecular flexibility index (Phi) is 8.26. The van der Waals surface area contributed by atoms with Gasteiger partial charge in [-0.25, -0.2) is 4.98 Å². The first-order valence-corrected chi connectivity index (χ1v) is 13.5. The Bertz CT molecular complexity index is 1470. The van der Waals surface area contributed by atoms with Crippen LogP contribution in [0.25, 0.3) is 16.9 Å². The van der Waals surface area contributed by atoms with Crippen LogP contribution in [0.5, 0.6) is 5.75 Å². The van der Waals surface area contributed by atoms with Crippen molar-refractivity contribution >= 4 is 17.8 Å². The van der Waals surface area contributed by atoms with Crippen LogP contribution in [-0.4, -0.2) is 59.2 Å². The van der Waals surface area contributed by atoms with Crippen LogP contribution in [0.4, 0.5) is 5.95 Å². The zero-order valence-corrected chi connectivity index (χ0v) is 23.1. The van der Waals surface area contributed by atoms with Crippen molar-refractivity contribution in [2.75, 3.05) is 32.1 Å². The van der Waals surface area contributed by atoms with Crippen molar-refractivity contribution in [3.05, 3.63) is 95.7 Å². The molecule has 40 heavy (non-hydrogen) atoms. The molecule has 1 atom stereocenters. The minimum Gasteiger partial charge on any atom is -0.497 e. The standard InChI is InChI=1S/C32H34N4O4/c1-22-9-13-24(14-10-22)29-20-36(26-15-11-23(2)12-16-26)32(33-29)34-30(37)21-35(19-28-8-5-17-40-28)31(38)25-6-4-7-27(18-25)39-3/h4,6-7,9-16,18,20,28H,5,8,17,19,21H2,1-3H3,(H,33,34,37)/t28-/m0/s1. The largest absolute Gasteiger partial charge is 0.497 e. The van der Waals surface area contributed by atoms with E-state index in [1.54, 1.807) is 36.3 Å². The molecule has 0 radical (unpaired) electrons. The highest BCUT2D eigenvalue weighted by molar-refractivity contribution is 5.99. The third-order valence-corrected chi connectivity index (χ3v) is 7.00. The molecule has 5 rings (SSSR count). The Morgan fingerprint density at radius 3 is 2.45 bits per heavy atom. The number of ether oxygens (including phenoxy) is 2. The minimum atomic E-state index is -0.344. The number of aryl methyl sites for hydroxylation is 2.